The van der Waals surface area contributed by atoms with Crippen LogP contribution in [-0.4, -0.2) is 57.5 Å². The first-order valence-corrected chi connectivity index (χ1v) is 15.0. The van der Waals surface area contributed by atoms with E-state index < -0.39 is 26.0 Å². The van der Waals surface area contributed by atoms with Crippen LogP contribution >= 0.6 is 0 Å². The molecule has 1 atom stereocenters. The molecule has 0 aromatic heterocycles. The zero-order valence-electron chi connectivity index (χ0n) is 20.0. The van der Waals surface area contributed by atoms with Crippen LogP contribution in [0.3, 0.4) is 0 Å². The summed E-state index contributed by atoms with van der Waals surface area (Å²) in [6, 6.07) is 13.3. The molecular formula is C25H33N3O5S2. The molecule has 8 nitrogen and oxygen atoms in total. The van der Waals surface area contributed by atoms with Crippen LogP contribution in [0, 0.1) is 12.8 Å². The largest absolute Gasteiger partial charge is 0.352 e. The minimum atomic E-state index is -3.65. The monoisotopic (exact) mass is 519 g/mol. The predicted octanol–water partition coefficient (Wildman–Crippen LogP) is 2.89. The fraction of sp³-hybridized carbons (Fsp3) is 0.480. The highest BCUT2D eigenvalue weighted by Gasteiger charge is 2.33. The van der Waals surface area contributed by atoms with E-state index in [0.29, 0.717) is 32.5 Å². The van der Waals surface area contributed by atoms with Crippen molar-refractivity contribution in [2.24, 2.45) is 5.92 Å². The van der Waals surface area contributed by atoms with Gasteiger partial charge in [0.25, 0.3) is 0 Å². The molecule has 2 aromatic carbocycles. The molecular weight excluding hydrogens is 486 g/mol. The van der Waals surface area contributed by atoms with Crippen molar-refractivity contribution in [2.45, 2.75) is 55.4 Å². The Morgan fingerprint density at radius 1 is 0.800 bits per heavy atom. The van der Waals surface area contributed by atoms with E-state index in [2.05, 4.69) is 5.32 Å². The van der Waals surface area contributed by atoms with Crippen LogP contribution < -0.4 is 5.32 Å². The van der Waals surface area contributed by atoms with Crippen molar-refractivity contribution >= 4 is 26.0 Å². The summed E-state index contributed by atoms with van der Waals surface area (Å²) >= 11 is 0. The van der Waals surface area contributed by atoms with Crippen molar-refractivity contribution in [1.82, 2.24) is 13.9 Å². The third-order valence-electron chi connectivity index (χ3n) is 6.76. The second-order valence-corrected chi connectivity index (χ2v) is 13.2. The standard InChI is InChI=1S/C25H33N3O5S2/c1-20-7-11-23(12-8-20)35(32,33)28-17-5-6-22(19-28)25(29)26-18-21-9-13-24(14-10-21)34(30,31)27-15-3-2-4-16-27/h7-14,22H,2-6,15-19H2,1H3,(H,26,29)/t22-/m1/s1. The smallest absolute Gasteiger partial charge is 0.243 e. The first-order valence-electron chi connectivity index (χ1n) is 12.1. The van der Waals surface area contributed by atoms with Gasteiger partial charge in [0.2, 0.25) is 26.0 Å². The Morgan fingerprint density at radius 3 is 1.97 bits per heavy atom. The molecule has 1 amide bonds. The van der Waals surface area contributed by atoms with Crippen molar-refractivity contribution < 1.29 is 21.6 Å². The number of carbonyl (C=O) groups is 1. The van der Waals surface area contributed by atoms with E-state index >= 15 is 0 Å². The molecule has 0 aliphatic carbocycles. The highest BCUT2D eigenvalue weighted by atomic mass is 32.2. The lowest BCUT2D eigenvalue weighted by Gasteiger charge is -2.31. The third-order valence-corrected chi connectivity index (χ3v) is 10.5. The number of rotatable bonds is 7. The Bertz CT molecular complexity index is 1240. The molecule has 2 heterocycles. The van der Waals surface area contributed by atoms with Gasteiger partial charge in [0, 0.05) is 32.7 Å². The van der Waals surface area contributed by atoms with Gasteiger partial charge in [-0.2, -0.15) is 8.61 Å². The van der Waals surface area contributed by atoms with E-state index in [-0.39, 0.29) is 28.8 Å². The molecule has 0 radical (unpaired) electrons. The number of sulfonamides is 2. The van der Waals surface area contributed by atoms with E-state index in [1.807, 2.05) is 6.92 Å². The molecule has 2 fully saturated rings. The van der Waals surface area contributed by atoms with Gasteiger partial charge in [-0.25, -0.2) is 16.8 Å². The molecule has 4 rings (SSSR count). The van der Waals surface area contributed by atoms with Gasteiger partial charge in [0.1, 0.15) is 0 Å². The first-order chi connectivity index (χ1) is 16.7. The van der Waals surface area contributed by atoms with Gasteiger partial charge in [-0.1, -0.05) is 36.2 Å². The molecule has 2 aliphatic rings. The lowest BCUT2D eigenvalue weighted by atomic mass is 9.99. The SMILES string of the molecule is Cc1ccc(S(=O)(=O)N2CCC[C@@H](C(=O)NCc3ccc(S(=O)(=O)N4CCCCC4)cc3)C2)cc1. The maximum atomic E-state index is 13.0. The molecule has 10 heteroatoms. The zero-order chi connectivity index (χ0) is 25.1. The molecule has 2 aromatic rings. The van der Waals surface area contributed by atoms with E-state index in [1.54, 1.807) is 48.5 Å². The number of carbonyl (C=O) groups excluding carboxylic acids is 1. The summed E-state index contributed by atoms with van der Waals surface area (Å²) in [5, 5.41) is 2.89. The van der Waals surface area contributed by atoms with Crippen LogP contribution in [-0.2, 0) is 31.4 Å². The Hall–Kier alpha value is -2.27. The summed E-state index contributed by atoms with van der Waals surface area (Å²) in [6.07, 6.45) is 4.06. The predicted molar refractivity (Wildman–Crippen MR) is 134 cm³/mol. The maximum absolute atomic E-state index is 13.0. The number of benzene rings is 2. The van der Waals surface area contributed by atoms with E-state index in [1.165, 1.54) is 8.61 Å². The number of amides is 1. The number of aryl methyl sites for hydroxylation is 1. The lowest BCUT2D eigenvalue weighted by molar-refractivity contribution is -0.126. The van der Waals surface area contributed by atoms with Gasteiger partial charge in [-0.15, -0.1) is 0 Å². The summed E-state index contributed by atoms with van der Waals surface area (Å²) in [5.74, 6) is -0.624. The Labute approximate surface area is 208 Å². The van der Waals surface area contributed by atoms with Crippen molar-refractivity contribution in [3.05, 3.63) is 59.7 Å². The minimum absolute atomic E-state index is 0.148. The highest BCUT2D eigenvalue weighted by molar-refractivity contribution is 7.89. The molecule has 35 heavy (non-hydrogen) atoms. The van der Waals surface area contributed by atoms with Gasteiger partial charge < -0.3 is 5.32 Å². The summed E-state index contributed by atoms with van der Waals surface area (Å²) in [7, 11) is -7.14. The zero-order valence-corrected chi connectivity index (χ0v) is 21.7. The molecule has 2 aliphatic heterocycles. The normalized spacial score (nSPS) is 20.4. The van der Waals surface area contributed by atoms with E-state index in [4.69, 9.17) is 0 Å². The second kappa shape index (κ2) is 10.8. The maximum Gasteiger partial charge on any atom is 0.243 e. The first kappa shape index (κ1) is 25.8. The topological polar surface area (TPSA) is 104 Å². The summed E-state index contributed by atoms with van der Waals surface area (Å²) in [6.45, 7) is 3.81. The van der Waals surface area contributed by atoms with Gasteiger partial charge in [-0.3, -0.25) is 4.79 Å². The summed E-state index contributed by atoms with van der Waals surface area (Å²) < 4.78 is 54.6. The van der Waals surface area contributed by atoms with Gasteiger partial charge >= 0.3 is 0 Å². The van der Waals surface area contributed by atoms with Crippen LogP contribution in [0.4, 0.5) is 0 Å². The van der Waals surface area contributed by atoms with E-state index in [9.17, 15) is 21.6 Å². The Morgan fingerprint density at radius 2 is 1.34 bits per heavy atom. The average Bonchev–Trinajstić information content (AvgIpc) is 2.88. The van der Waals surface area contributed by atoms with E-state index in [0.717, 1.165) is 30.4 Å². The highest BCUT2D eigenvalue weighted by Crippen LogP contribution is 2.25. The molecule has 0 spiro atoms. The molecule has 0 unspecified atom stereocenters. The molecule has 2 saturated heterocycles. The lowest BCUT2D eigenvalue weighted by Crippen LogP contribution is -2.45. The van der Waals surface area contributed by atoms with Crippen LogP contribution in [0.2, 0.25) is 0 Å². The molecule has 190 valence electrons. The number of piperidine rings is 2. The number of nitrogens with one attached hydrogen (secondary N) is 1. The summed E-state index contributed by atoms with van der Waals surface area (Å²) in [5.41, 5.74) is 1.77. The molecule has 1 N–H and O–H groups in total. The Balaban J connectivity index is 1.34. The van der Waals surface area contributed by atoms with Crippen molar-refractivity contribution in [3.63, 3.8) is 0 Å². The number of hydrogen-bond acceptors (Lipinski definition) is 5. The van der Waals surface area contributed by atoms with Crippen LogP contribution in [0.5, 0.6) is 0 Å². The summed E-state index contributed by atoms with van der Waals surface area (Å²) in [4.78, 5) is 13.3. The number of nitrogens with zero attached hydrogens (tertiary/aromatic N) is 2. The van der Waals surface area contributed by atoms with Gasteiger partial charge in [-0.05, 0) is 62.4 Å². The quantitative estimate of drug-likeness (QED) is 0.606. The second-order valence-electron chi connectivity index (χ2n) is 9.34. The van der Waals surface area contributed by atoms with Crippen molar-refractivity contribution in [1.29, 1.82) is 0 Å². The fourth-order valence-corrected chi connectivity index (χ4v) is 7.64. The average molecular weight is 520 g/mol. The molecule has 0 bridgehead atoms. The van der Waals surface area contributed by atoms with Crippen LogP contribution in [0.15, 0.2) is 58.3 Å². The van der Waals surface area contributed by atoms with Crippen molar-refractivity contribution in [3.8, 4) is 0 Å². The Kier molecular flexibility index (Phi) is 7.95. The fourth-order valence-electron chi connectivity index (χ4n) is 4.60. The third kappa shape index (κ3) is 5.94. The van der Waals surface area contributed by atoms with Gasteiger partial charge in [0.05, 0.1) is 15.7 Å². The minimum Gasteiger partial charge on any atom is -0.352 e. The molecule has 0 saturated carbocycles. The van der Waals surface area contributed by atoms with Gasteiger partial charge in [0.15, 0.2) is 0 Å². The van der Waals surface area contributed by atoms with Crippen LogP contribution in [0.25, 0.3) is 0 Å². The van der Waals surface area contributed by atoms with Crippen LogP contribution in [0.1, 0.15) is 43.2 Å². The number of hydrogen-bond donors (Lipinski definition) is 1. The van der Waals surface area contributed by atoms with Crippen molar-refractivity contribution in [2.75, 3.05) is 26.2 Å².